The van der Waals surface area contributed by atoms with Crippen LogP contribution in [0.5, 0.6) is 0 Å². The van der Waals surface area contributed by atoms with Crippen LogP contribution in [0, 0.1) is 0 Å². The Morgan fingerprint density at radius 2 is 2.17 bits per heavy atom. The molecule has 0 saturated carbocycles. The van der Waals surface area contributed by atoms with Gasteiger partial charge in [0.05, 0.1) is 0 Å². The highest BCUT2D eigenvalue weighted by Crippen LogP contribution is 2.41. The summed E-state index contributed by atoms with van der Waals surface area (Å²) in [6, 6.07) is 8.44. The van der Waals surface area contributed by atoms with Gasteiger partial charge in [-0.05, 0) is 43.2 Å². The van der Waals surface area contributed by atoms with Crippen LogP contribution in [-0.2, 0) is 4.79 Å². The minimum Gasteiger partial charge on any atom is -0.480 e. The van der Waals surface area contributed by atoms with Gasteiger partial charge in [-0.1, -0.05) is 18.2 Å². The Hall–Kier alpha value is -1.00. The zero-order valence-electron chi connectivity index (χ0n) is 10.2. The smallest absolute Gasteiger partial charge is 0.320 e. The first kappa shape index (κ1) is 12.1. The molecule has 3 rings (SSSR count). The third kappa shape index (κ3) is 2.04. The zero-order chi connectivity index (χ0) is 12.5. The van der Waals surface area contributed by atoms with Crippen LogP contribution < -0.4 is 0 Å². The molecule has 2 aliphatic heterocycles. The molecule has 0 spiro atoms. The molecule has 2 heterocycles. The monoisotopic (exact) mass is 263 g/mol. The highest BCUT2D eigenvalue weighted by Gasteiger charge is 2.37. The lowest BCUT2D eigenvalue weighted by atomic mass is 10.0. The summed E-state index contributed by atoms with van der Waals surface area (Å²) in [5.74, 6) is 0.424. The van der Waals surface area contributed by atoms with E-state index in [1.165, 1.54) is 10.5 Å². The molecule has 0 aliphatic carbocycles. The maximum Gasteiger partial charge on any atom is 0.320 e. The molecule has 0 amide bonds. The Bertz CT molecular complexity index is 463. The number of rotatable bonds is 2. The van der Waals surface area contributed by atoms with Crippen LogP contribution in [0.1, 0.15) is 30.9 Å². The van der Waals surface area contributed by atoms with Gasteiger partial charge in [0.25, 0.3) is 0 Å². The fourth-order valence-electron chi connectivity index (χ4n) is 3.10. The van der Waals surface area contributed by atoms with Crippen molar-refractivity contribution in [1.29, 1.82) is 0 Å². The van der Waals surface area contributed by atoms with Gasteiger partial charge in [-0.2, -0.15) is 0 Å². The van der Waals surface area contributed by atoms with Gasteiger partial charge in [-0.15, -0.1) is 11.8 Å². The lowest BCUT2D eigenvalue weighted by molar-refractivity contribution is -0.143. The van der Waals surface area contributed by atoms with Gasteiger partial charge in [-0.3, -0.25) is 9.69 Å². The van der Waals surface area contributed by atoms with Crippen LogP contribution in [0.2, 0.25) is 0 Å². The molecule has 3 nitrogen and oxygen atoms in total. The van der Waals surface area contributed by atoms with Crippen molar-refractivity contribution >= 4 is 17.7 Å². The SMILES string of the molecule is O=C(O)C1CCCN1C1CCSc2ccccc21. The summed E-state index contributed by atoms with van der Waals surface area (Å²) in [6.45, 7) is 0.917. The fourth-order valence-corrected chi connectivity index (χ4v) is 4.20. The quantitative estimate of drug-likeness (QED) is 0.890. The second kappa shape index (κ2) is 4.94. The molecule has 1 aromatic rings. The first-order chi connectivity index (χ1) is 8.77. The molecule has 2 atom stereocenters. The molecule has 0 aromatic heterocycles. The van der Waals surface area contributed by atoms with Crippen molar-refractivity contribution in [3.05, 3.63) is 29.8 Å². The lowest BCUT2D eigenvalue weighted by Crippen LogP contribution is -2.39. The molecule has 96 valence electrons. The number of hydrogen-bond acceptors (Lipinski definition) is 3. The van der Waals surface area contributed by atoms with E-state index in [1.54, 1.807) is 0 Å². The normalized spacial score (nSPS) is 28.0. The van der Waals surface area contributed by atoms with Crippen molar-refractivity contribution in [3.8, 4) is 0 Å². The van der Waals surface area contributed by atoms with E-state index in [1.807, 2.05) is 11.8 Å². The maximum absolute atomic E-state index is 11.3. The van der Waals surface area contributed by atoms with Crippen LogP contribution in [0.3, 0.4) is 0 Å². The summed E-state index contributed by atoms with van der Waals surface area (Å²) in [5.41, 5.74) is 1.32. The van der Waals surface area contributed by atoms with E-state index >= 15 is 0 Å². The van der Waals surface area contributed by atoms with Crippen molar-refractivity contribution in [2.45, 2.75) is 36.2 Å². The van der Waals surface area contributed by atoms with E-state index in [4.69, 9.17) is 0 Å². The van der Waals surface area contributed by atoms with Crippen molar-refractivity contribution in [2.24, 2.45) is 0 Å². The number of benzene rings is 1. The molecule has 18 heavy (non-hydrogen) atoms. The van der Waals surface area contributed by atoms with Gasteiger partial charge in [0.15, 0.2) is 0 Å². The molecule has 4 heteroatoms. The Kier molecular flexibility index (Phi) is 3.31. The molecule has 1 aromatic carbocycles. The fraction of sp³-hybridized carbons (Fsp3) is 0.500. The molecule has 1 N–H and O–H groups in total. The first-order valence-corrected chi connectivity index (χ1v) is 7.46. The summed E-state index contributed by atoms with van der Waals surface area (Å²) in [6.07, 6.45) is 2.86. The minimum atomic E-state index is -0.664. The van der Waals surface area contributed by atoms with Gasteiger partial charge in [-0.25, -0.2) is 0 Å². The summed E-state index contributed by atoms with van der Waals surface area (Å²) in [4.78, 5) is 14.8. The van der Waals surface area contributed by atoms with E-state index in [0.717, 1.165) is 31.6 Å². The highest BCUT2D eigenvalue weighted by atomic mass is 32.2. The van der Waals surface area contributed by atoms with Crippen molar-refractivity contribution in [2.75, 3.05) is 12.3 Å². The lowest BCUT2D eigenvalue weighted by Gasteiger charge is -2.35. The number of aliphatic carboxylic acids is 1. The zero-order valence-corrected chi connectivity index (χ0v) is 11.0. The van der Waals surface area contributed by atoms with E-state index < -0.39 is 5.97 Å². The number of likely N-dealkylation sites (tertiary alicyclic amines) is 1. The predicted octanol–water partition coefficient (Wildman–Crippen LogP) is 2.77. The standard InChI is InChI=1S/C14H17NO2S/c16-14(17)12-5-3-8-15(12)11-7-9-18-13-6-2-1-4-10(11)13/h1-2,4,6,11-12H,3,5,7-9H2,(H,16,17). The molecule has 1 saturated heterocycles. The minimum absolute atomic E-state index is 0.286. The van der Waals surface area contributed by atoms with Crippen molar-refractivity contribution < 1.29 is 9.90 Å². The number of fused-ring (bicyclic) bond motifs is 1. The first-order valence-electron chi connectivity index (χ1n) is 6.47. The molecule has 2 aliphatic rings. The molecular weight excluding hydrogens is 246 g/mol. The Morgan fingerprint density at radius 1 is 1.33 bits per heavy atom. The summed E-state index contributed by atoms with van der Waals surface area (Å²) >= 11 is 1.89. The van der Waals surface area contributed by atoms with E-state index in [9.17, 15) is 9.90 Å². The summed E-state index contributed by atoms with van der Waals surface area (Å²) < 4.78 is 0. The topological polar surface area (TPSA) is 40.5 Å². The number of thioether (sulfide) groups is 1. The second-order valence-electron chi connectivity index (χ2n) is 4.92. The third-order valence-corrected chi connectivity index (χ3v) is 5.03. The number of carboxylic acid groups (broad SMARTS) is 1. The highest BCUT2D eigenvalue weighted by molar-refractivity contribution is 7.99. The average Bonchev–Trinajstić information content (AvgIpc) is 2.87. The molecule has 0 radical (unpaired) electrons. The Balaban J connectivity index is 1.91. The largest absolute Gasteiger partial charge is 0.480 e. The van der Waals surface area contributed by atoms with Gasteiger partial charge in [0, 0.05) is 10.9 Å². The number of carbonyl (C=O) groups is 1. The maximum atomic E-state index is 11.3. The van der Waals surface area contributed by atoms with Gasteiger partial charge in [0.2, 0.25) is 0 Å². The van der Waals surface area contributed by atoms with Crippen molar-refractivity contribution in [3.63, 3.8) is 0 Å². The van der Waals surface area contributed by atoms with Crippen LogP contribution in [0.4, 0.5) is 0 Å². The van der Waals surface area contributed by atoms with Gasteiger partial charge >= 0.3 is 5.97 Å². The number of hydrogen-bond donors (Lipinski definition) is 1. The summed E-state index contributed by atoms with van der Waals surface area (Å²) in [7, 11) is 0. The van der Waals surface area contributed by atoms with Gasteiger partial charge < -0.3 is 5.11 Å². The molecule has 2 unspecified atom stereocenters. The molecular formula is C14H17NO2S. The van der Waals surface area contributed by atoms with E-state index in [-0.39, 0.29) is 6.04 Å². The van der Waals surface area contributed by atoms with Gasteiger partial charge in [0.1, 0.15) is 6.04 Å². The Morgan fingerprint density at radius 3 is 3.00 bits per heavy atom. The number of nitrogens with zero attached hydrogens (tertiary/aromatic N) is 1. The van der Waals surface area contributed by atoms with Crippen LogP contribution in [0.15, 0.2) is 29.2 Å². The van der Waals surface area contributed by atoms with E-state index in [2.05, 4.69) is 29.2 Å². The van der Waals surface area contributed by atoms with Crippen molar-refractivity contribution in [1.82, 2.24) is 4.90 Å². The number of carboxylic acids is 1. The Labute approximate surface area is 111 Å². The predicted molar refractivity (Wildman–Crippen MR) is 71.9 cm³/mol. The second-order valence-corrected chi connectivity index (χ2v) is 6.06. The third-order valence-electron chi connectivity index (χ3n) is 3.91. The average molecular weight is 263 g/mol. The van der Waals surface area contributed by atoms with Crippen LogP contribution >= 0.6 is 11.8 Å². The van der Waals surface area contributed by atoms with E-state index in [0.29, 0.717) is 6.04 Å². The molecule has 0 bridgehead atoms. The summed E-state index contributed by atoms with van der Waals surface area (Å²) in [5, 5.41) is 9.32. The van der Waals surface area contributed by atoms with Crippen LogP contribution in [-0.4, -0.2) is 34.3 Å². The molecule has 1 fully saturated rings. The van der Waals surface area contributed by atoms with Crippen LogP contribution in [0.25, 0.3) is 0 Å².